The van der Waals surface area contributed by atoms with Gasteiger partial charge in [-0.25, -0.2) is 18.2 Å². The molecule has 0 N–H and O–H groups in total. The van der Waals surface area contributed by atoms with E-state index in [0.717, 1.165) is 24.7 Å². The number of halogens is 6. The van der Waals surface area contributed by atoms with Crippen LogP contribution in [-0.4, -0.2) is 37.1 Å². The minimum Gasteiger partial charge on any atom is -0.475 e. The lowest BCUT2D eigenvalue weighted by Gasteiger charge is -2.08. The molecule has 27 heavy (non-hydrogen) atoms. The number of alkyl halides is 5. The third kappa shape index (κ3) is 3.26. The number of rotatable bonds is 4. The highest BCUT2D eigenvalue weighted by atomic mass is 19.4. The van der Waals surface area contributed by atoms with Crippen LogP contribution >= 0.6 is 0 Å². The van der Waals surface area contributed by atoms with Gasteiger partial charge >= 0.3 is 6.18 Å². The van der Waals surface area contributed by atoms with Crippen molar-refractivity contribution in [2.24, 2.45) is 5.92 Å². The normalized spacial score (nSPS) is 18.7. The van der Waals surface area contributed by atoms with Crippen molar-refractivity contribution in [3.63, 3.8) is 0 Å². The average molecular weight is 389 g/mol. The summed E-state index contributed by atoms with van der Waals surface area (Å²) in [7, 11) is 0. The Hall–Kier alpha value is -2.92. The van der Waals surface area contributed by atoms with Crippen molar-refractivity contribution in [1.29, 1.82) is 0 Å². The average Bonchev–Trinajstić information content (AvgIpc) is 3.01. The minimum atomic E-state index is -4.73. The maximum atomic E-state index is 14.1. The van der Waals surface area contributed by atoms with E-state index in [1.54, 1.807) is 0 Å². The van der Waals surface area contributed by atoms with Crippen molar-refractivity contribution in [3.05, 3.63) is 36.3 Å². The lowest BCUT2D eigenvalue weighted by atomic mass is 10.2. The summed E-state index contributed by atoms with van der Waals surface area (Å²) >= 11 is 0. The summed E-state index contributed by atoms with van der Waals surface area (Å²) in [5.41, 5.74) is -0.0791. The summed E-state index contributed by atoms with van der Waals surface area (Å²) in [6.07, 6.45) is -1.88. The van der Waals surface area contributed by atoms with E-state index in [-0.39, 0.29) is 29.9 Å². The fraction of sp³-hybridized carbons (Fsp3) is 0.333. The highest BCUT2D eigenvalue weighted by Crippen LogP contribution is 2.48. The summed E-state index contributed by atoms with van der Waals surface area (Å²) in [5, 5.41) is 6.44. The first kappa shape index (κ1) is 17.5. The molecule has 1 saturated carbocycles. The Morgan fingerprint density at radius 1 is 1.19 bits per heavy atom. The van der Waals surface area contributed by atoms with Crippen molar-refractivity contribution in [3.8, 4) is 17.1 Å². The van der Waals surface area contributed by atoms with Gasteiger partial charge in [0.25, 0.3) is 5.92 Å². The Balaban J connectivity index is 1.60. The first-order chi connectivity index (χ1) is 12.6. The fourth-order valence-corrected chi connectivity index (χ4v) is 2.45. The van der Waals surface area contributed by atoms with Crippen LogP contribution in [0.3, 0.4) is 0 Å². The standard InChI is InChI=1S/C15H9F6N5O/c16-9-1-7(3-23-12(9)27-6-8-2-14(8,17)18)10-5-26-11(4-22-10)24-25-13(26)15(19,20)21/h1,3-5,8H,2,6H2. The lowest BCUT2D eigenvalue weighted by molar-refractivity contribution is -0.145. The first-order valence-electron chi connectivity index (χ1n) is 7.60. The second kappa shape index (κ2) is 5.79. The van der Waals surface area contributed by atoms with Gasteiger partial charge in [0.05, 0.1) is 24.4 Å². The predicted octanol–water partition coefficient (Wildman–Crippen LogP) is 3.38. The molecule has 3 heterocycles. The maximum Gasteiger partial charge on any atom is 0.452 e. The number of ether oxygens (including phenoxy) is 1. The zero-order valence-electron chi connectivity index (χ0n) is 13.2. The van der Waals surface area contributed by atoms with Gasteiger partial charge in [0, 0.05) is 24.4 Å². The molecule has 1 atom stereocenters. The van der Waals surface area contributed by atoms with Crippen LogP contribution in [0.4, 0.5) is 26.3 Å². The Labute approximate surface area is 146 Å². The van der Waals surface area contributed by atoms with Gasteiger partial charge in [-0.15, -0.1) is 10.2 Å². The fourth-order valence-electron chi connectivity index (χ4n) is 2.45. The van der Waals surface area contributed by atoms with Crippen LogP contribution in [0.15, 0.2) is 24.7 Å². The van der Waals surface area contributed by atoms with E-state index in [1.165, 1.54) is 0 Å². The van der Waals surface area contributed by atoms with E-state index in [4.69, 9.17) is 4.74 Å². The molecule has 1 unspecified atom stereocenters. The summed E-state index contributed by atoms with van der Waals surface area (Å²) in [6, 6.07) is 0.944. The van der Waals surface area contributed by atoms with Gasteiger partial charge in [0.1, 0.15) is 0 Å². The number of hydrogen-bond donors (Lipinski definition) is 0. The van der Waals surface area contributed by atoms with Gasteiger partial charge in [-0.1, -0.05) is 0 Å². The van der Waals surface area contributed by atoms with Crippen LogP contribution in [0.1, 0.15) is 12.2 Å². The molecule has 4 rings (SSSR count). The SMILES string of the molecule is Fc1cc(-c2cn3c(C(F)(F)F)nnc3cn2)cnc1OCC1CC1(F)F. The zero-order valence-corrected chi connectivity index (χ0v) is 13.2. The largest absolute Gasteiger partial charge is 0.475 e. The van der Waals surface area contributed by atoms with E-state index in [9.17, 15) is 26.3 Å². The number of aromatic nitrogens is 5. The molecule has 0 radical (unpaired) electrons. The molecule has 1 aliphatic rings. The third-order valence-electron chi connectivity index (χ3n) is 4.03. The third-order valence-corrected chi connectivity index (χ3v) is 4.03. The molecular weight excluding hydrogens is 380 g/mol. The van der Waals surface area contributed by atoms with E-state index >= 15 is 0 Å². The van der Waals surface area contributed by atoms with E-state index in [1.807, 2.05) is 0 Å². The molecule has 6 nitrogen and oxygen atoms in total. The smallest absolute Gasteiger partial charge is 0.452 e. The second-order valence-corrected chi connectivity index (χ2v) is 6.01. The highest BCUT2D eigenvalue weighted by molar-refractivity contribution is 5.59. The van der Waals surface area contributed by atoms with Gasteiger partial charge in [-0.3, -0.25) is 9.38 Å². The molecule has 0 bridgehead atoms. The molecule has 3 aromatic rings. The molecule has 12 heteroatoms. The maximum absolute atomic E-state index is 14.1. The van der Waals surface area contributed by atoms with Gasteiger partial charge in [-0.05, 0) is 6.07 Å². The first-order valence-corrected chi connectivity index (χ1v) is 7.60. The Kier molecular flexibility index (Phi) is 3.75. The summed E-state index contributed by atoms with van der Waals surface area (Å²) in [5.74, 6) is -6.44. The van der Waals surface area contributed by atoms with Crippen LogP contribution in [0.5, 0.6) is 5.88 Å². The summed E-state index contributed by atoms with van der Waals surface area (Å²) in [6.45, 7) is -0.379. The second-order valence-electron chi connectivity index (χ2n) is 6.01. The van der Waals surface area contributed by atoms with Gasteiger partial charge in [0.2, 0.25) is 11.7 Å². The van der Waals surface area contributed by atoms with Crippen molar-refractivity contribution in [1.82, 2.24) is 24.6 Å². The molecule has 142 valence electrons. The number of nitrogens with zero attached hydrogens (tertiary/aromatic N) is 5. The molecule has 0 aliphatic heterocycles. The molecule has 0 aromatic carbocycles. The van der Waals surface area contributed by atoms with E-state index in [2.05, 4.69) is 20.2 Å². The Morgan fingerprint density at radius 3 is 2.56 bits per heavy atom. The van der Waals surface area contributed by atoms with Gasteiger partial charge < -0.3 is 4.74 Å². The topological polar surface area (TPSA) is 65.2 Å². The number of hydrogen-bond acceptors (Lipinski definition) is 5. The van der Waals surface area contributed by atoms with Crippen molar-refractivity contribution in [2.75, 3.05) is 6.61 Å². The van der Waals surface area contributed by atoms with Gasteiger partial charge in [0.15, 0.2) is 11.5 Å². The highest BCUT2D eigenvalue weighted by Gasteiger charge is 2.57. The molecule has 1 aliphatic carbocycles. The van der Waals surface area contributed by atoms with Crippen LogP contribution in [-0.2, 0) is 6.18 Å². The van der Waals surface area contributed by atoms with Gasteiger partial charge in [-0.2, -0.15) is 13.2 Å². The summed E-state index contributed by atoms with van der Waals surface area (Å²) < 4.78 is 84.1. The monoisotopic (exact) mass is 389 g/mol. The van der Waals surface area contributed by atoms with Crippen LogP contribution in [0.25, 0.3) is 16.9 Å². The summed E-state index contributed by atoms with van der Waals surface area (Å²) in [4.78, 5) is 7.61. The minimum absolute atomic E-state index is 0.0144. The van der Waals surface area contributed by atoms with E-state index in [0.29, 0.717) is 4.40 Å². The van der Waals surface area contributed by atoms with Crippen molar-refractivity contribution < 1.29 is 31.1 Å². The van der Waals surface area contributed by atoms with E-state index < -0.39 is 35.5 Å². The lowest BCUT2D eigenvalue weighted by Crippen LogP contribution is -2.11. The zero-order chi connectivity index (χ0) is 19.4. The van der Waals surface area contributed by atoms with Crippen molar-refractivity contribution in [2.45, 2.75) is 18.5 Å². The predicted molar refractivity (Wildman–Crippen MR) is 77.5 cm³/mol. The van der Waals surface area contributed by atoms with Crippen LogP contribution in [0, 0.1) is 11.7 Å². The van der Waals surface area contributed by atoms with Crippen LogP contribution < -0.4 is 4.74 Å². The molecule has 0 saturated heterocycles. The Morgan fingerprint density at radius 2 is 1.93 bits per heavy atom. The quantitative estimate of drug-likeness (QED) is 0.640. The van der Waals surface area contributed by atoms with Crippen LogP contribution in [0.2, 0.25) is 0 Å². The molecule has 3 aromatic heterocycles. The molecule has 0 spiro atoms. The molecular formula is C15H9F6N5O. The molecule has 0 amide bonds. The van der Waals surface area contributed by atoms with Crippen molar-refractivity contribution >= 4 is 5.65 Å². The molecule has 1 fully saturated rings. The number of pyridine rings is 1. The number of fused-ring (bicyclic) bond motifs is 1. The Bertz CT molecular complexity index is 1020.